The van der Waals surface area contributed by atoms with Crippen molar-refractivity contribution >= 4 is 39.2 Å². The molecule has 1 saturated carbocycles. The highest BCUT2D eigenvalue weighted by atomic mass is 35.5. The molecule has 7 nitrogen and oxygen atoms in total. The van der Waals surface area contributed by atoms with Crippen LogP contribution < -0.4 is 4.74 Å². The predicted octanol–water partition coefficient (Wildman–Crippen LogP) is 7.03. The van der Waals surface area contributed by atoms with E-state index in [4.69, 9.17) is 26.2 Å². The highest BCUT2D eigenvalue weighted by Gasteiger charge is 2.40. The van der Waals surface area contributed by atoms with Crippen LogP contribution in [0.1, 0.15) is 40.3 Å². The third-order valence-corrected chi connectivity index (χ3v) is 9.09. The quantitative estimate of drug-likeness (QED) is 0.222. The number of aromatic carboxylic acids is 1. The Morgan fingerprint density at radius 2 is 1.93 bits per heavy atom. The molecule has 2 atom stereocenters. The summed E-state index contributed by atoms with van der Waals surface area (Å²) in [6.45, 7) is 4.18. The lowest BCUT2D eigenvalue weighted by atomic mass is 9.98. The topological polar surface area (TPSA) is 78.5 Å². The molecule has 3 heterocycles. The van der Waals surface area contributed by atoms with Crippen LogP contribution in [0.4, 0.5) is 0 Å². The number of fused-ring (bicyclic) bond motifs is 4. The first-order chi connectivity index (χ1) is 19.9. The summed E-state index contributed by atoms with van der Waals surface area (Å²) >= 11 is 6.95. The first-order valence-corrected chi connectivity index (χ1v) is 14.6. The summed E-state index contributed by atoms with van der Waals surface area (Å²) in [6.07, 6.45) is 2.28. The Hall–Kier alpha value is -3.81. The largest absolute Gasteiger partial charge is 0.493 e. The molecule has 0 spiro atoms. The Balaban J connectivity index is 1.31. The van der Waals surface area contributed by atoms with Crippen molar-refractivity contribution in [2.45, 2.75) is 39.3 Å². The highest BCUT2D eigenvalue weighted by molar-refractivity contribution is 6.35. The number of carbonyl (C=O) groups is 1. The second-order valence-electron chi connectivity index (χ2n) is 11.3. The van der Waals surface area contributed by atoms with Gasteiger partial charge < -0.3 is 19.1 Å². The summed E-state index contributed by atoms with van der Waals surface area (Å²) in [5, 5.41) is 19.1. The Bertz CT molecular complexity index is 1820. The van der Waals surface area contributed by atoms with Crippen molar-refractivity contribution in [2.75, 3.05) is 13.2 Å². The van der Waals surface area contributed by atoms with Crippen LogP contribution >= 0.6 is 11.6 Å². The van der Waals surface area contributed by atoms with Gasteiger partial charge in [-0.15, -0.1) is 0 Å². The van der Waals surface area contributed by atoms with Gasteiger partial charge in [0.1, 0.15) is 11.4 Å². The van der Waals surface area contributed by atoms with Crippen LogP contribution in [-0.4, -0.2) is 38.6 Å². The van der Waals surface area contributed by atoms with Crippen LogP contribution in [0.25, 0.3) is 32.8 Å². The van der Waals surface area contributed by atoms with E-state index in [-0.39, 0.29) is 0 Å². The predicted molar refractivity (Wildman–Crippen MR) is 160 cm³/mol. The van der Waals surface area contributed by atoms with E-state index < -0.39 is 5.97 Å². The molecule has 3 aromatic carbocycles. The number of nitrogens with zero attached hydrogens (tertiary/aromatic N) is 3. The van der Waals surface area contributed by atoms with Crippen molar-refractivity contribution in [1.82, 2.24) is 14.3 Å². The van der Waals surface area contributed by atoms with Crippen molar-refractivity contribution in [2.24, 2.45) is 18.9 Å². The summed E-state index contributed by atoms with van der Waals surface area (Å²) in [4.78, 5) is 12.9. The maximum Gasteiger partial charge on any atom is 0.352 e. The first-order valence-electron chi connectivity index (χ1n) is 14.2. The number of benzene rings is 3. The minimum Gasteiger partial charge on any atom is -0.493 e. The number of aromatic nitrogens is 3. The second-order valence-corrected chi connectivity index (χ2v) is 11.7. The molecule has 210 valence electrons. The number of hydrogen-bond acceptors (Lipinski definition) is 4. The summed E-state index contributed by atoms with van der Waals surface area (Å²) < 4.78 is 16.2. The molecule has 2 aliphatic rings. The van der Waals surface area contributed by atoms with Crippen LogP contribution in [0.5, 0.6) is 5.75 Å². The zero-order valence-corrected chi connectivity index (χ0v) is 23.9. The molecule has 7 rings (SSSR count). The minimum atomic E-state index is -0.917. The fraction of sp³-hybridized carbons (Fsp3) is 0.333. The van der Waals surface area contributed by atoms with Gasteiger partial charge in [-0.05, 0) is 61.1 Å². The number of aryl methyl sites for hydroxylation is 2. The molecule has 0 saturated heterocycles. The molecule has 1 N–H and O–H groups in total. The lowest BCUT2D eigenvalue weighted by Crippen LogP contribution is -2.13. The van der Waals surface area contributed by atoms with E-state index in [0.717, 1.165) is 61.9 Å². The number of halogens is 1. The van der Waals surface area contributed by atoms with Crippen molar-refractivity contribution < 1.29 is 19.4 Å². The molecule has 41 heavy (non-hydrogen) atoms. The van der Waals surface area contributed by atoms with Gasteiger partial charge in [-0.2, -0.15) is 5.10 Å². The maximum atomic E-state index is 12.9. The third-order valence-electron chi connectivity index (χ3n) is 8.77. The third kappa shape index (κ3) is 4.48. The normalized spacial score (nSPS) is 18.1. The Morgan fingerprint density at radius 3 is 2.78 bits per heavy atom. The van der Waals surface area contributed by atoms with E-state index in [1.54, 1.807) is 0 Å². The van der Waals surface area contributed by atoms with Crippen LogP contribution in [0.15, 0.2) is 54.6 Å². The van der Waals surface area contributed by atoms with E-state index in [1.807, 2.05) is 59.6 Å². The molecule has 1 aliphatic heterocycles. The van der Waals surface area contributed by atoms with Crippen LogP contribution in [0, 0.1) is 18.8 Å². The summed E-state index contributed by atoms with van der Waals surface area (Å²) in [5.41, 5.74) is 5.63. The SMILES string of the molecule is Cc1c2c(nn1C)COCC1CC1Cn1c(C(=O)O)c(CCCOc3cccc4ccccc34)c3ccc(Cl)c-2c31. The van der Waals surface area contributed by atoms with Gasteiger partial charge in [-0.25, -0.2) is 4.79 Å². The number of carboxylic acids is 1. The summed E-state index contributed by atoms with van der Waals surface area (Å²) in [5.74, 6) is 0.713. The van der Waals surface area contributed by atoms with Crippen LogP contribution in [0.3, 0.4) is 0 Å². The van der Waals surface area contributed by atoms with Crippen molar-refractivity contribution in [3.05, 3.63) is 82.3 Å². The maximum absolute atomic E-state index is 12.9. The van der Waals surface area contributed by atoms with E-state index >= 15 is 0 Å². The molecule has 1 fully saturated rings. The number of hydrogen-bond donors (Lipinski definition) is 1. The van der Waals surface area contributed by atoms with E-state index in [9.17, 15) is 9.90 Å². The van der Waals surface area contributed by atoms with E-state index in [1.165, 1.54) is 0 Å². The lowest BCUT2D eigenvalue weighted by molar-refractivity contribution is 0.0683. The monoisotopic (exact) mass is 569 g/mol. The molecule has 2 unspecified atom stereocenters. The van der Waals surface area contributed by atoms with Gasteiger partial charge in [0.05, 0.1) is 36.1 Å². The van der Waals surface area contributed by atoms with Gasteiger partial charge in [-0.3, -0.25) is 4.68 Å². The number of rotatable bonds is 6. The van der Waals surface area contributed by atoms with Crippen molar-refractivity contribution in [1.29, 1.82) is 0 Å². The summed E-state index contributed by atoms with van der Waals surface area (Å²) in [6, 6.07) is 18.1. The fourth-order valence-electron chi connectivity index (χ4n) is 6.55. The van der Waals surface area contributed by atoms with Gasteiger partial charge in [0, 0.05) is 41.2 Å². The van der Waals surface area contributed by atoms with E-state index in [0.29, 0.717) is 61.8 Å². The van der Waals surface area contributed by atoms with Crippen LogP contribution in [0.2, 0.25) is 5.02 Å². The minimum absolute atomic E-state index is 0.350. The highest BCUT2D eigenvalue weighted by Crippen LogP contribution is 2.46. The summed E-state index contributed by atoms with van der Waals surface area (Å²) in [7, 11) is 1.92. The first kappa shape index (κ1) is 26.1. The zero-order chi connectivity index (χ0) is 28.2. The average molecular weight is 570 g/mol. The molecule has 0 amide bonds. The Labute approximate surface area is 243 Å². The van der Waals surface area contributed by atoms with E-state index in [2.05, 4.69) is 18.2 Å². The lowest BCUT2D eigenvalue weighted by Gasteiger charge is -2.13. The Morgan fingerprint density at radius 1 is 1.10 bits per heavy atom. The molecule has 2 aromatic heterocycles. The van der Waals surface area contributed by atoms with Gasteiger partial charge in [0.25, 0.3) is 0 Å². The fourth-order valence-corrected chi connectivity index (χ4v) is 6.79. The van der Waals surface area contributed by atoms with Gasteiger partial charge >= 0.3 is 5.97 Å². The molecule has 8 heteroatoms. The molecule has 1 aliphatic carbocycles. The standard InChI is InChI=1S/C33H32ClN3O4/c1-19-29-27(35-36(19)2)18-40-17-22-15-21(22)16-37-31-25(12-13-26(34)30(29)31)24(32(37)33(38)39)10-6-14-41-28-11-5-8-20-7-3-4-9-23(20)28/h3-5,7-9,11-13,21-22H,6,10,14-18H2,1-2H3,(H,38,39). The number of carboxylic acid groups (broad SMARTS) is 1. The average Bonchev–Trinajstić information content (AvgIpc) is 3.54. The molecule has 5 aromatic rings. The van der Waals surface area contributed by atoms with Crippen LogP contribution in [-0.2, 0) is 31.4 Å². The molecular formula is C33H32ClN3O4. The zero-order valence-electron chi connectivity index (χ0n) is 23.2. The van der Waals surface area contributed by atoms with Crippen molar-refractivity contribution in [3.63, 3.8) is 0 Å². The van der Waals surface area contributed by atoms with Gasteiger partial charge in [-0.1, -0.05) is 54.1 Å². The molecule has 0 bridgehead atoms. The van der Waals surface area contributed by atoms with Crippen molar-refractivity contribution in [3.8, 4) is 16.9 Å². The number of ether oxygens (including phenoxy) is 2. The molecule has 0 radical (unpaired) electrons. The second kappa shape index (κ2) is 10.2. The van der Waals surface area contributed by atoms with Gasteiger partial charge in [0.15, 0.2) is 0 Å². The molecular weight excluding hydrogens is 538 g/mol. The van der Waals surface area contributed by atoms with Gasteiger partial charge in [0.2, 0.25) is 0 Å². The smallest absolute Gasteiger partial charge is 0.352 e. The Kier molecular flexibility index (Phi) is 6.51.